The normalized spacial score (nSPS) is 10.6. The number of carbonyl (C=O) groups is 1. The van der Waals surface area contributed by atoms with Gasteiger partial charge in [-0.15, -0.1) is 5.10 Å². The molecule has 1 N–H and O–H groups in total. The Bertz CT molecular complexity index is 928. The first-order chi connectivity index (χ1) is 13.7. The number of carbonyl (C=O) groups excluding carboxylic acids is 1. The highest BCUT2D eigenvalue weighted by atomic mass is 32.2. The Morgan fingerprint density at radius 1 is 1.18 bits per heavy atom. The zero-order valence-corrected chi connectivity index (χ0v) is 16.8. The molecule has 0 unspecified atom stereocenters. The predicted molar refractivity (Wildman–Crippen MR) is 109 cm³/mol. The number of tetrazole rings is 1. The van der Waals surface area contributed by atoms with Crippen LogP contribution in [-0.4, -0.2) is 45.0 Å². The molecule has 146 valence electrons. The van der Waals surface area contributed by atoms with Crippen molar-refractivity contribution in [2.24, 2.45) is 0 Å². The van der Waals surface area contributed by atoms with E-state index in [9.17, 15) is 4.79 Å². The quantitative estimate of drug-likeness (QED) is 0.559. The van der Waals surface area contributed by atoms with Crippen LogP contribution < -0.4 is 10.1 Å². The van der Waals surface area contributed by atoms with Crippen molar-refractivity contribution in [1.29, 1.82) is 0 Å². The van der Waals surface area contributed by atoms with Gasteiger partial charge in [0.2, 0.25) is 11.1 Å². The second-order valence-corrected chi connectivity index (χ2v) is 7.03. The number of thioether (sulfide) groups is 1. The molecule has 0 saturated heterocycles. The average molecular weight is 398 g/mol. The standard InChI is InChI=1S/C20H23N5O2S/c1-3-27-18-11-7-6-10-17(18)25-20(22-23-24-25)28-14-19(26)21-13-12-16-9-5-4-8-15(16)2/h4-11H,3,12-14H2,1-2H3,(H,21,26). The van der Waals surface area contributed by atoms with Gasteiger partial charge in [0.1, 0.15) is 11.4 Å². The van der Waals surface area contributed by atoms with E-state index >= 15 is 0 Å². The number of nitrogens with one attached hydrogen (secondary N) is 1. The molecule has 1 amide bonds. The molecule has 0 aliphatic heterocycles. The van der Waals surface area contributed by atoms with Crippen LogP contribution in [0.1, 0.15) is 18.1 Å². The average Bonchev–Trinajstić information content (AvgIpc) is 3.17. The number of rotatable bonds is 9. The lowest BCUT2D eigenvalue weighted by molar-refractivity contribution is -0.118. The summed E-state index contributed by atoms with van der Waals surface area (Å²) in [5.41, 5.74) is 3.22. The van der Waals surface area contributed by atoms with Crippen LogP contribution in [0.3, 0.4) is 0 Å². The van der Waals surface area contributed by atoms with E-state index in [0.29, 0.717) is 24.1 Å². The van der Waals surface area contributed by atoms with E-state index in [1.165, 1.54) is 22.9 Å². The Morgan fingerprint density at radius 2 is 1.96 bits per heavy atom. The number of aryl methyl sites for hydroxylation is 1. The largest absolute Gasteiger partial charge is 0.492 e. The Kier molecular flexibility index (Phi) is 7.02. The van der Waals surface area contributed by atoms with Crippen molar-refractivity contribution >= 4 is 17.7 Å². The number of hydrogen-bond donors (Lipinski definition) is 1. The Hall–Kier alpha value is -2.87. The van der Waals surface area contributed by atoms with E-state index in [1.54, 1.807) is 4.68 Å². The summed E-state index contributed by atoms with van der Waals surface area (Å²) >= 11 is 1.29. The summed E-state index contributed by atoms with van der Waals surface area (Å²) in [7, 11) is 0. The number of benzene rings is 2. The molecule has 0 aliphatic carbocycles. The van der Waals surface area contributed by atoms with Gasteiger partial charge in [-0.2, -0.15) is 4.68 Å². The van der Waals surface area contributed by atoms with Gasteiger partial charge in [-0.3, -0.25) is 4.79 Å². The first kappa shape index (κ1) is 19.9. The summed E-state index contributed by atoms with van der Waals surface area (Å²) in [6.07, 6.45) is 0.808. The molecule has 3 aromatic rings. The minimum absolute atomic E-state index is 0.0498. The monoisotopic (exact) mass is 397 g/mol. The van der Waals surface area contributed by atoms with Gasteiger partial charge in [0.15, 0.2) is 0 Å². The zero-order chi connectivity index (χ0) is 19.8. The fraction of sp³-hybridized carbons (Fsp3) is 0.300. The number of para-hydroxylation sites is 2. The van der Waals surface area contributed by atoms with Crippen LogP contribution in [0.5, 0.6) is 5.75 Å². The molecule has 0 bridgehead atoms. The number of ether oxygens (including phenoxy) is 1. The number of aromatic nitrogens is 4. The summed E-state index contributed by atoms with van der Waals surface area (Å²) in [6.45, 7) is 5.15. The summed E-state index contributed by atoms with van der Waals surface area (Å²) in [4.78, 5) is 12.2. The lowest BCUT2D eigenvalue weighted by atomic mass is 10.1. The highest BCUT2D eigenvalue weighted by molar-refractivity contribution is 7.99. The van der Waals surface area contributed by atoms with Gasteiger partial charge in [-0.05, 0) is 54.0 Å². The Morgan fingerprint density at radius 3 is 2.79 bits per heavy atom. The Balaban J connectivity index is 1.55. The molecular weight excluding hydrogens is 374 g/mol. The van der Waals surface area contributed by atoms with Crippen LogP contribution in [0.15, 0.2) is 53.7 Å². The first-order valence-corrected chi connectivity index (χ1v) is 10.1. The van der Waals surface area contributed by atoms with Gasteiger partial charge in [-0.1, -0.05) is 48.2 Å². The summed E-state index contributed by atoms with van der Waals surface area (Å²) in [5.74, 6) is 0.887. The van der Waals surface area contributed by atoms with E-state index in [-0.39, 0.29) is 11.7 Å². The van der Waals surface area contributed by atoms with E-state index in [0.717, 1.165) is 12.1 Å². The molecule has 28 heavy (non-hydrogen) atoms. The van der Waals surface area contributed by atoms with E-state index in [1.807, 2.05) is 43.3 Å². The van der Waals surface area contributed by atoms with E-state index in [2.05, 4.69) is 39.9 Å². The van der Waals surface area contributed by atoms with Gasteiger partial charge < -0.3 is 10.1 Å². The van der Waals surface area contributed by atoms with Crippen LogP contribution in [0.2, 0.25) is 0 Å². The molecule has 1 aromatic heterocycles. The minimum Gasteiger partial charge on any atom is -0.492 e. The van der Waals surface area contributed by atoms with Crippen LogP contribution >= 0.6 is 11.8 Å². The van der Waals surface area contributed by atoms with E-state index in [4.69, 9.17) is 4.74 Å². The summed E-state index contributed by atoms with van der Waals surface area (Å²) in [5, 5.41) is 15.3. The SMILES string of the molecule is CCOc1ccccc1-n1nnnc1SCC(=O)NCCc1ccccc1C. The highest BCUT2D eigenvalue weighted by Gasteiger charge is 2.14. The van der Waals surface area contributed by atoms with Gasteiger partial charge in [0, 0.05) is 6.54 Å². The summed E-state index contributed by atoms with van der Waals surface area (Å²) < 4.78 is 7.23. The van der Waals surface area contributed by atoms with Crippen molar-refractivity contribution in [2.45, 2.75) is 25.4 Å². The third kappa shape index (κ3) is 5.10. The fourth-order valence-corrected chi connectivity index (χ4v) is 3.45. The molecule has 0 aliphatic rings. The van der Waals surface area contributed by atoms with Crippen LogP contribution in [0.4, 0.5) is 0 Å². The molecule has 0 saturated carbocycles. The predicted octanol–water partition coefficient (Wildman–Crippen LogP) is 2.82. The molecule has 0 atom stereocenters. The Labute approximate surface area is 168 Å². The zero-order valence-electron chi connectivity index (χ0n) is 16.0. The lowest BCUT2D eigenvalue weighted by Gasteiger charge is -2.10. The maximum atomic E-state index is 12.2. The molecular formula is C20H23N5O2S. The van der Waals surface area contributed by atoms with Gasteiger partial charge in [0.25, 0.3) is 0 Å². The third-order valence-electron chi connectivity index (χ3n) is 4.14. The van der Waals surface area contributed by atoms with Gasteiger partial charge in [-0.25, -0.2) is 0 Å². The second kappa shape index (κ2) is 9.89. The third-order valence-corrected chi connectivity index (χ3v) is 5.06. The first-order valence-electron chi connectivity index (χ1n) is 9.13. The lowest BCUT2D eigenvalue weighted by Crippen LogP contribution is -2.27. The molecule has 7 nitrogen and oxygen atoms in total. The van der Waals surface area contributed by atoms with Crippen molar-refractivity contribution in [3.8, 4) is 11.4 Å². The molecule has 2 aromatic carbocycles. The molecule has 8 heteroatoms. The van der Waals surface area contributed by atoms with Crippen molar-refractivity contribution in [2.75, 3.05) is 18.9 Å². The maximum Gasteiger partial charge on any atom is 0.230 e. The second-order valence-electron chi connectivity index (χ2n) is 6.09. The maximum absolute atomic E-state index is 12.2. The molecule has 3 rings (SSSR count). The molecule has 0 fully saturated rings. The molecule has 0 spiro atoms. The summed E-state index contributed by atoms with van der Waals surface area (Å²) in [6, 6.07) is 15.7. The van der Waals surface area contributed by atoms with Crippen molar-refractivity contribution in [3.63, 3.8) is 0 Å². The van der Waals surface area contributed by atoms with E-state index < -0.39 is 0 Å². The number of hydrogen-bond acceptors (Lipinski definition) is 6. The van der Waals surface area contributed by atoms with Gasteiger partial charge in [0.05, 0.1) is 12.4 Å². The van der Waals surface area contributed by atoms with Crippen molar-refractivity contribution in [1.82, 2.24) is 25.5 Å². The fourth-order valence-electron chi connectivity index (χ4n) is 2.74. The van der Waals surface area contributed by atoms with Crippen LogP contribution in [-0.2, 0) is 11.2 Å². The number of amides is 1. The van der Waals surface area contributed by atoms with Crippen LogP contribution in [0, 0.1) is 6.92 Å². The smallest absolute Gasteiger partial charge is 0.230 e. The molecule has 0 radical (unpaired) electrons. The highest BCUT2D eigenvalue weighted by Crippen LogP contribution is 2.25. The van der Waals surface area contributed by atoms with Gasteiger partial charge >= 0.3 is 0 Å². The molecule has 1 heterocycles. The van der Waals surface area contributed by atoms with Crippen molar-refractivity contribution in [3.05, 3.63) is 59.7 Å². The van der Waals surface area contributed by atoms with Crippen molar-refractivity contribution < 1.29 is 9.53 Å². The topological polar surface area (TPSA) is 81.9 Å². The number of nitrogens with zero attached hydrogens (tertiary/aromatic N) is 4. The van der Waals surface area contributed by atoms with Crippen LogP contribution in [0.25, 0.3) is 5.69 Å². The minimum atomic E-state index is -0.0498.